The van der Waals surface area contributed by atoms with Crippen LogP contribution in [0.25, 0.3) is 6.08 Å². The molecule has 3 rings (SSSR count). The highest BCUT2D eigenvalue weighted by Crippen LogP contribution is 2.31. The fourth-order valence-corrected chi connectivity index (χ4v) is 2.99. The molecule has 0 radical (unpaired) electrons. The van der Waals surface area contributed by atoms with Crippen LogP contribution >= 0.6 is 11.8 Å². The van der Waals surface area contributed by atoms with E-state index in [4.69, 9.17) is 4.74 Å². The molecule has 1 fully saturated rings. The second kappa shape index (κ2) is 7.23. The van der Waals surface area contributed by atoms with Gasteiger partial charge in [-0.15, -0.1) is 0 Å². The molecule has 122 valence electrons. The number of ether oxygens (including phenoxy) is 1. The zero-order valence-electron chi connectivity index (χ0n) is 13.0. The zero-order chi connectivity index (χ0) is 16.9. The Hall–Kier alpha value is -2.73. The van der Waals surface area contributed by atoms with Crippen molar-refractivity contribution in [1.29, 1.82) is 0 Å². The van der Waals surface area contributed by atoms with Crippen molar-refractivity contribution in [3.8, 4) is 11.5 Å². The van der Waals surface area contributed by atoms with Gasteiger partial charge in [-0.1, -0.05) is 24.3 Å². The first kappa shape index (κ1) is 16.1. The van der Waals surface area contributed by atoms with Crippen LogP contribution < -0.4 is 10.1 Å². The topological polar surface area (TPSA) is 70.9 Å². The fourth-order valence-electron chi connectivity index (χ4n) is 2.14. The molecule has 0 aliphatic carbocycles. The van der Waals surface area contributed by atoms with Gasteiger partial charge >= 0.3 is 0 Å². The molecule has 24 heavy (non-hydrogen) atoms. The van der Waals surface area contributed by atoms with Crippen LogP contribution in [0.3, 0.4) is 0 Å². The molecule has 2 N–H and O–H groups in total. The number of hydrogen-bond acceptors (Lipinski definition) is 5. The summed E-state index contributed by atoms with van der Waals surface area (Å²) in [7, 11) is 0. The SMILES string of the molecule is CCOc1cc(/C=C2\SC(=Nc3ccccc3)NC2=O)ccc1O. The number of nitrogens with zero attached hydrogens (tertiary/aromatic N) is 1. The Balaban J connectivity index is 1.82. The van der Waals surface area contributed by atoms with Crippen molar-refractivity contribution in [2.45, 2.75) is 6.92 Å². The third-order valence-electron chi connectivity index (χ3n) is 3.22. The summed E-state index contributed by atoms with van der Waals surface area (Å²) in [5, 5.41) is 13.0. The van der Waals surface area contributed by atoms with Crippen molar-refractivity contribution >= 4 is 34.6 Å². The number of rotatable bonds is 4. The van der Waals surface area contributed by atoms with Crippen molar-refractivity contribution in [3.05, 3.63) is 59.0 Å². The van der Waals surface area contributed by atoms with Gasteiger partial charge in [-0.3, -0.25) is 4.79 Å². The van der Waals surface area contributed by atoms with Crippen LogP contribution in [0, 0.1) is 0 Å². The number of amides is 1. The Morgan fingerprint density at radius 2 is 2.04 bits per heavy atom. The minimum Gasteiger partial charge on any atom is -0.504 e. The predicted molar refractivity (Wildman–Crippen MR) is 96.5 cm³/mol. The van der Waals surface area contributed by atoms with Gasteiger partial charge in [0.1, 0.15) is 0 Å². The number of aliphatic imine (C=N–C) groups is 1. The summed E-state index contributed by atoms with van der Waals surface area (Å²) in [5.41, 5.74) is 1.56. The predicted octanol–water partition coefficient (Wildman–Crippen LogP) is 3.68. The first-order chi connectivity index (χ1) is 11.7. The Labute approximate surface area is 144 Å². The number of nitrogens with one attached hydrogen (secondary N) is 1. The summed E-state index contributed by atoms with van der Waals surface area (Å²) in [6, 6.07) is 14.4. The molecule has 2 aromatic carbocycles. The van der Waals surface area contributed by atoms with E-state index in [-0.39, 0.29) is 11.7 Å². The van der Waals surface area contributed by atoms with Crippen LogP contribution in [-0.2, 0) is 4.79 Å². The minimum absolute atomic E-state index is 0.0776. The van der Waals surface area contributed by atoms with Gasteiger partial charge in [0.2, 0.25) is 0 Å². The van der Waals surface area contributed by atoms with Gasteiger partial charge in [-0.2, -0.15) is 0 Å². The summed E-state index contributed by atoms with van der Waals surface area (Å²) in [6.07, 6.45) is 1.75. The number of aromatic hydroxyl groups is 1. The molecular formula is C18H16N2O3S. The Kier molecular flexibility index (Phi) is 4.86. The summed E-state index contributed by atoms with van der Waals surface area (Å²) in [4.78, 5) is 17.0. The maximum Gasteiger partial charge on any atom is 0.264 e. The van der Waals surface area contributed by atoms with Gasteiger partial charge in [-0.05, 0) is 54.6 Å². The Morgan fingerprint density at radius 1 is 1.25 bits per heavy atom. The average Bonchev–Trinajstić information content (AvgIpc) is 2.91. The van der Waals surface area contributed by atoms with Crippen LogP contribution in [-0.4, -0.2) is 22.8 Å². The first-order valence-corrected chi connectivity index (χ1v) is 8.28. The molecule has 0 bridgehead atoms. The first-order valence-electron chi connectivity index (χ1n) is 7.46. The maximum atomic E-state index is 12.1. The number of thioether (sulfide) groups is 1. The van der Waals surface area contributed by atoms with E-state index in [9.17, 15) is 9.90 Å². The van der Waals surface area contributed by atoms with Crippen LogP contribution in [0.5, 0.6) is 11.5 Å². The maximum absolute atomic E-state index is 12.1. The number of amidine groups is 1. The summed E-state index contributed by atoms with van der Waals surface area (Å²) < 4.78 is 5.36. The highest BCUT2D eigenvalue weighted by Gasteiger charge is 2.23. The number of phenols is 1. The average molecular weight is 340 g/mol. The van der Waals surface area contributed by atoms with E-state index >= 15 is 0 Å². The molecule has 0 atom stereocenters. The van der Waals surface area contributed by atoms with E-state index in [1.807, 2.05) is 37.3 Å². The third-order valence-corrected chi connectivity index (χ3v) is 4.13. The molecule has 1 aliphatic rings. The largest absolute Gasteiger partial charge is 0.504 e. The third kappa shape index (κ3) is 3.78. The van der Waals surface area contributed by atoms with Crippen molar-refractivity contribution in [2.75, 3.05) is 6.61 Å². The van der Waals surface area contributed by atoms with Crippen LogP contribution in [0.4, 0.5) is 5.69 Å². The minimum atomic E-state index is -0.194. The molecule has 0 aromatic heterocycles. The lowest BCUT2D eigenvalue weighted by atomic mass is 10.2. The van der Waals surface area contributed by atoms with Gasteiger partial charge in [0, 0.05) is 0 Å². The monoisotopic (exact) mass is 340 g/mol. The number of para-hydroxylation sites is 1. The quantitative estimate of drug-likeness (QED) is 0.833. The molecule has 1 saturated heterocycles. The zero-order valence-corrected chi connectivity index (χ0v) is 13.8. The molecule has 6 heteroatoms. The second-order valence-corrected chi connectivity index (χ2v) is 6.01. The smallest absolute Gasteiger partial charge is 0.264 e. The Morgan fingerprint density at radius 3 is 2.79 bits per heavy atom. The van der Waals surface area contributed by atoms with Crippen molar-refractivity contribution in [2.24, 2.45) is 4.99 Å². The van der Waals surface area contributed by atoms with Gasteiger partial charge in [-0.25, -0.2) is 4.99 Å². The fraction of sp³-hybridized carbons (Fsp3) is 0.111. The molecule has 0 saturated carbocycles. The van der Waals surface area contributed by atoms with E-state index in [0.29, 0.717) is 22.4 Å². The van der Waals surface area contributed by atoms with E-state index in [1.165, 1.54) is 11.8 Å². The molecule has 1 amide bonds. The number of carbonyl (C=O) groups is 1. The number of benzene rings is 2. The number of carbonyl (C=O) groups excluding carboxylic acids is 1. The summed E-state index contributed by atoms with van der Waals surface area (Å²) in [5.74, 6) is 0.281. The van der Waals surface area contributed by atoms with Gasteiger partial charge < -0.3 is 15.2 Å². The number of hydrogen-bond donors (Lipinski definition) is 2. The lowest BCUT2D eigenvalue weighted by Crippen LogP contribution is -2.19. The number of phenolic OH excluding ortho intramolecular Hbond substituents is 1. The summed E-state index contributed by atoms with van der Waals surface area (Å²) in [6.45, 7) is 2.30. The van der Waals surface area contributed by atoms with Crippen LogP contribution in [0.15, 0.2) is 58.4 Å². The lowest BCUT2D eigenvalue weighted by molar-refractivity contribution is -0.115. The van der Waals surface area contributed by atoms with Crippen molar-refractivity contribution < 1.29 is 14.6 Å². The standard InChI is InChI=1S/C18H16N2O3S/c1-2-23-15-10-12(8-9-14(15)21)11-16-17(22)20-18(24-16)19-13-6-4-3-5-7-13/h3-11,21H,2H2,1H3,(H,19,20,22)/b16-11-. The van der Waals surface area contributed by atoms with E-state index in [1.54, 1.807) is 24.3 Å². The van der Waals surface area contributed by atoms with Crippen molar-refractivity contribution in [1.82, 2.24) is 5.32 Å². The molecule has 0 spiro atoms. The summed E-state index contributed by atoms with van der Waals surface area (Å²) >= 11 is 1.28. The molecule has 0 unspecified atom stereocenters. The molecule has 5 nitrogen and oxygen atoms in total. The van der Waals surface area contributed by atoms with Crippen LogP contribution in [0.2, 0.25) is 0 Å². The second-order valence-electron chi connectivity index (χ2n) is 4.98. The normalized spacial score (nSPS) is 17.3. The van der Waals surface area contributed by atoms with E-state index < -0.39 is 0 Å². The highest BCUT2D eigenvalue weighted by molar-refractivity contribution is 8.18. The molecular weight excluding hydrogens is 324 g/mol. The molecule has 2 aromatic rings. The van der Waals surface area contributed by atoms with E-state index in [0.717, 1.165) is 11.3 Å². The van der Waals surface area contributed by atoms with Gasteiger partial charge in [0.15, 0.2) is 16.7 Å². The van der Waals surface area contributed by atoms with Crippen molar-refractivity contribution in [3.63, 3.8) is 0 Å². The molecule has 1 aliphatic heterocycles. The van der Waals surface area contributed by atoms with E-state index in [2.05, 4.69) is 10.3 Å². The van der Waals surface area contributed by atoms with Gasteiger partial charge in [0.05, 0.1) is 17.2 Å². The highest BCUT2D eigenvalue weighted by atomic mass is 32.2. The van der Waals surface area contributed by atoms with Gasteiger partial charge in [0.25, 0.3) is 5.91 Å². The van der Waals surface area contributed by atoms with Crippen LogP contribution in [0.1, 0.15) is 12.5 Å². The lowest BCUT2D eigenvalue weighted by Gasteiger charge is -2.06. The Bertz CT molecular complexity index is 816. The molecule has 1 heterocycles.